The second-order valence-electron chi connectivity index (χ2n) is 6.10. The van der Waals surface area contributed by atoms with Gasteiger partial charge in [-0.2, -0.15) is 0 Å². The summed E-state index contributed by atoms with van der Waals surface area (Å²) in [6.45, 7) is 6.68. The van der Waals surface area contributed by atoms with Crippen molar-refractivity contribution in [3.63, 3.8) is 0 Å². The van der Waals surface area contributed by atoms with Gasteiger partial charge in [-0.1, -0.05) is 36.7 Å². The van der Waals surface area contributed by atoms with E-state index in [0.29, 0.717) is 29.0 Å². The van der Waals surface area contributed by atoms with Gasteiger partial charge in [0.1, 0.15) is 0 Å². The lowest BCUT2D eigenvalue weighted by atomic mass is 9.40. The first-order valence-corrected chi connectivity index (χ1v) is 7.10. The number of terminal acetylenes is 1. The minimum absolute atomic E-state index is 0.0184. The topological polar surface area (TPSA) is 20.2 Å². The number of hydrogen-bond donors (Lipinski definition) is 1. The number of rotatable bonds is 2. The highest BCUT2D eigenvalue weighted by molar-refractivity contribution is 9.09. The molecule has 0 aromatic carbocycles. The zero-order chi connectivity index (χ0) is 12.1. The van der Waals surface area contributed by atoms with Crippen molar-refractivity contribution < 1.29 is 5.11 Å². The molecule has 16 heavy (non-hydrogen) atoms. The largest absolute Gasteiger partial charge is 0.388 e. The SMILES string of the molecule is C#CC[C@@]1(O)[C@H]2C(Br)[C@]1(C)CC[C@H]2C(C)C. The van der Waals surface area contributed by atoms with Crippen LogP contribution in [-0.2, 0) is 0 Å². The molecule has 90 valence electrons. The lowest BCUT2D eigenvalue weighted by Crippen LogP contribution is -2.75. The first-order chi connectivity index (χ1) is 7.38. The van der Waals surface area contributed by atoms with Gasteiger partial charge in [-0.3, -0.25) is 0 Å². The Morgan fingerprint density at radius 3 is 2.62 bits per heavy atom. The molecule has 0 spiro atoms. The first kappa shape index (κ1) is 12.5. The maximum Gasteiger partial charge on any atom is 0.0861 e. The van der Waals surface area contributed by atoms with Gasteiger partial charge >= 0.3 is 0 Å². The maximum absolute atomic E-state index is 10.9. The summed E-state index contributed by atoms with van der Waals surface area (Å²) in [6, 6.07) is 0. The Hall–Kier alpha value is 0. The van der Waals surface area contributed by atoms with Crippen LogP contribution < -0.4 is 0 Å². The molecular formula is C14H21BrO. The highest BCUT2D eigenvalue weighted by atomic mass is 79.9. The van der Waals surface area contributed by atoms with E-state index in [9.17, 15) is 5.11 Å². The number of aliphatic hydroxyl groups is 1. The van der Waals surface area contributed by atoms with E-state index in [2.05, 4.69) is 42.6 Å². The second-order valence-corrected chi connectivity index (χ2v) is 7.08. The van der Waals surface area contributed by atoms with E-state index in [1.807, 2.05) is 0 Å². The van der Waals surface area contributed by atoms with Crippen LogP contribution in [-0.4, -0.2) is 15.5 Å². The van der Waals surface area contributed by atoms with Crippen LogP contribution in [0.4, 0.5) is 0 Å². The van der Waals surface area contributed by atoms with E-state index < -0.39 is 5.60 Å². The van der Waals surface area contributed by atoms with E-state index in [4.69, 9.17) is 6.42 Å². The van der Waals surface area contributed by atoms with E-state index in [1.165, 1.54) is 6.42 Å². The van der Waals surface area contributed by atoms with E-state index in [1.54, 1.807) is 0 Å². The van der Waals surface area contributed by atoms with E-state index >= 15 is 0 Å². The summed E-state index contributed by atoms with van der Waals surface area (Å²) in [5, 5.41) is 10.9. The van der Waals surface area contributed by atoms with Gasteiger partial charge in [0, 0.05) is 22.6 Å². The average molecular weight is 285 g/mol. The van der Waals surface area contributed by atoms with Crippen molar-refractivity contribution >= 4 is 15.9 Å². The smallest absolute Gasteiger partial charge is 0.0861 e. The standard InChI is InChI=1S/C14H21BrO/c1-5-7-14(16)11-10(9(2)3)6-8-13(14,4)12(11)15/h1,9-12,16H,6-8H2,2-4H3/t10-,11+,12?,13-,14+/m0/s1. The van der Waals surface area contributed by atoms with Gasteiger partial charge in [-0.05, 0) is 24.7 Å². The Morgan fingerprint density at radius 1 is 1.56 bits per heavy atom. The Labute approximate surface area is 107 Å². The zero-order valence-electron chi connectivity index (χ0n) is 10.3. The molecule has 1 unspecified atom stereocenters. The van der Waals surface area contributed by atoms with Crippen molar-refractivity contribution in [1.82, 2.24) is 0 Å². The monoisotopic (exact) mass is 284 g/mol. The fourth-order valence-electron chi connectivity index (χ4n) is 3.96. The molecule has 3 aliphatic carbocycles. The Morgan fingerprint density at radius 2 is 2.19 bits per heavy atom. The number of halogens is 1. The summed E-state index contributed by atoms with van der Waals surface area (Å²) in [4.78, 5) is 0.430. The minimum atomic E-state index is -0.636. The summed E-state index contributed by atoms with van der Waals surface area (Å²) in [5.41, 5.74) is -0.654. The van der Waals surface area contributed by atoms with Gasteiger partial charge in [0.2, 0.25) is 0 Å². The number of fused-ring (bicyclic) bond motifs is 2. The Bertz CT molecular complexity index is 332. The molecule has 5 atom stereocenters. The van der Waals surface area contributed by atoms with Crippen LogP contribution in [0.2, 0.25) is 0 Å². The summed E-state index contributed by atoms with van der Waals surface area (Å²) in [7, 11) is 0. The third-order valence-corrected chi connectivity index (χ3v) is 6.73. The van der Waals surface area contributed by atoms with Crippen LogP contribution in [0.3, 0.4) is 0 Å². The molecule has 2 bridgehead atoms. The van der Waals surface area contributed by atoms with Crippen LogP contribution in [0.1, 0.15) is 40.0 Å². The Kier molecular flexibility index (Phi) is 2.92. The van der Waals surface area contributed by atoms with Gasteiger partial charge in [0.05, 0.1) is 5.60 Å². The lowest BCUT2D eigenvalue weighted by molar-refractivity contribution is -0.249. The van der Waals surface area contributed by atoms with Crippen molar-refractivity contribution in [3.05, 3.63) is 0 Å². The predicted molar refractivity (Wildman–Crippen MR) is 70.3 cm³/mol. The van der Waals surface area contributed by atoms with E-state index in [-0.39, 0.29) is 5.41 Å². The first-order valence-electron chi connectivity index (χ1n) is 6.18. The molecular weight excluding hydrogens is 264 g/mol. The molecule has 2 heteroatoms. The molecule has 3 saturated carbocycles. The number of alkyl halides is 1. The van der Waals surface area contributed by atoms with Crippen molar-refractivity contribution in [2.45, 2.75) is 50.5 Å². The third-order valence-electron chi connectivity index (χ3n) is 5.15. The molecule has 0 saturated heterocycles. The number of hydrogen-bond acceptors (Lipinski definition) is 1. The van der Waals surface area contributed by atoms with Crippen LogP contribution in [0, 0.1) is 35.5 Å². The average Bonchev–Trinajstić information content (AvgIpc) is 2.21. The normalized spacial score (nSPS) is 50.9. The molecule has 1 nitrogen and oxygen atoms in total. The molecule has 3 fully saturated rings. The van der Waals surface area contributed by atoms with Gasteiger partial charge < -0.3 is 5.11 Å². The summed E-state index contributed by atoms with van der Waals surface area (Å²) < 4.78 is 0. The van der Waals surface area contributed by atoms with Gasteiger partial charge in [-0.15, -0.1) is 12.3 Å². The molecule has 1 N–H and O–H groups in total. The fraction of sp³-hybridized carbons (Fsp3) is 0.857. The highest BCUT2D eigenvalue weighted by Crippen LogP contribution is 2.69. The van der Waals surface area contributed by atoms with Crippen LogP contribution >= 0.6 is 15.9 Å². The molecule has 0 aliphatic heterocycles. The summed E-state index contributed by atoms with van der Waals surface area (Å²) >= 11 is 3.79. The molecule has 0 heterocycles. The van der Waals surface area contributed by atoms with Crippen molar-refractivity contribution in [1.29, 1.82) is 0 Å². The van der Waals surface area contributed by atoms with Crippen molar-refractivity contribution in [2.24, 2.45) is 23.2 Å². The van der Waals surface area contributed by atoms with Gasteiger partial charge in [0.15, 0.2) is 0 Å². The molecule has 3 rings (SSSR count). The molecule has 0 aromatic rings. The fourth-order valence-corrected chi connectivity index (χ4v) is 5.41. The van der Waals surface area contributed by atoms with Crippen molar-refractivity contribution in [3.8, 4) is 12.3 Å². The zero-order valence-corrected chi connectivity index (χ0v) is 11.9. The van der Waals surface area contributed by atoms with Gasteiger partial charge in [0.25, 0.3) is 0 Å². The van der Waals surface area contributed by atoms with Crippen LogP contribution in [0.5, 0.6) is 0 Å². The van der Waals surface area contributed by atoms with Crippen LogP contribution in [0.15, 0.2) is 0 Å². The molecule has 0 amide bonds. The summed E-state index contributed by atoms with van der Waals surface area (Å²) in [6.07, 6.45) is 8.24. The summed E-state index contributed by atoms with van der Waals surface area (Å²) in [5.74, 6) is 4.23. The van der Waals surface area contributed by atoms with Gasteiger partial charge in [-0.25, -0.2) is 0 Å². The predicted octanol–water partition coefficient (Wildman–Crippen LogP) is 3.21. The highest BCUT2D eigenvalue weighted by Gasteiger charge is 2.71. The molecule has 3 aliphatic rings. The quantitative estimate of drug-likeness (QED) is 0.610. The minimum Gasteiger partial charge on any atom is -0.388 e. The Balaban J connectivity index is 2.31. The maximum atomic E-state index is 10.9. The van der Waals surface area contributed by atoms with Crippen LogP contribution in [0.25, 0.3) is 0 Å². The van der Waals surface area contributed by atoms with E-state index in [0.717, 1.165) is 6.42 Å². The molecule has 0 radical (unpaired) electrons. The molecule has 0 aromatic heterocycles. The van der Waals surface area contributed by atoms with Crippen molar-refractivity contribution in [2.75, 3.05) is 0 Å². The lowest BCUT2D eigenvalue weighted by Gasteiger charge is -2.70. The third kappa shape index (κ3) is 1.28. The second kappa shape index (κ2) is 3.75.